The SMILES string of the molecule is COc1ccc(C2C(N)CCC(=O)N2CC(C)C)cc1. The third-order valence-corrected chi connectivity index (χ3v) is 3.77. The largest absolute Gasteiger partial charge is 0.497 e. The smallest absolute Gasteiger partial charge is 0.223 e. The minimum atomic E-state index is -0.0236. The third kappa shape index (κ3) is 3.12. The molecule has 1 saturated heterocycles. The van der Waals surface area contributed by atoms with Crippen LogP contribution in [0.2, 0.25) is 0 Å². The molecule has 0 saturated carbocycles. The number of amides is 1. The zero-order chi connectivity index (χ0) is 14.7. The highest BCUT2D eigenvalue weighted by Crippen LogP contribution is 2.32. The van der Waals surface area contributed by atoms with Gasteiger partial charge >= 0.3 is 0 Å². The van der Waals surface area contributed by atoms with Crippen molar-refractivity contribution in [3.63, 3.8) is 0 Å². The lowest BCUT2D eigenvalue weighted by molar-refractivity contribution is -0.138. The standard InChI is InChI=1S/C16H24N2O2/c1-11(2)10-18-15(19)9-8-14(17)16(18)12-4-6-13(20-3)7-5-12/h4-7,11,14,16H,8-10,17H2,1-3H3. The summed E-state index contributed by atoms with van der Waals surface area (Å²) in [5.74, 6) is 1.46. The van der Waals surface area contributed by atoms with E-state index >= 15 is 0 Å². The van der Waals surface area contributed by atoms with Crippen molar-refractivity contribution < 1.29 is 9.53 Å². The predicted octanol–water partition coefficient (Wildman–Crippen LogP) is 2.34. The lowest BCUT2D eigenvalue weighted by atomic mass is 9.90. The number of methoxy groups -OCH3 is 1. The molecular weight excluding hydrogens is 252 g/mol. The molecule has 1 aliphatic heterocycles. The van der Waals surface area contributed by atoms with Gasteiger partial charge in [-0.2, -0.15) is 0 Å². The zero-order valence-electron chi connectivity index (χ0n) is 12.5. The number of carbonyl (C=O) groups excluding carboxylic acids is 1. The van der Waals surface area contributed by atoms with E-state index in [-0.39, 0.29) is 18.0 Å². The number of nitrogens with zero attached hydrogens (tertiary/aromatic N) is 1. The second-order valence-electron chi connectivity index (χ2n) is 5.86. The van der Waals surface area contributed by atoms with Crippen LogP contribution in [-0.4, -0.2) is 30.5 Å². The zero-order valence-corrected chi connectivity index (χ0v) is 12.5. The van der Waals surface area contributed by atoms with Gasteiger partial charge in [0.2, 0.25) is 5.91 Å². The molecule has 1 aromatic rings. The van der Waals surface area contributed by atoms with Gasteiger partial charge in [-0.1, -0.05) is 26.0 Å². The maximum absolute atomic E-state index is 12.2. The van der Waals surface area contributed by atoms with Crippen molar-refractivity contribution in [1.82, 2.24) is 4.90 Å². The predicted molar refractivity (Wildman–Crippen MR) is 79.5 cm³/mol. The van der Waals surface area contributed by atoms with Crippen molar-refractivity contribution in [2.75, 3.05) is 13.7 Å². The number of rotatable bonds is 4. The topological polar surface area (TPSA) is 55.6 Å². The Balaban J connectivity index is 2.28. The summed E-state index contributed by atoms with van der Waals surface area (Å²) in [5, 5.41) is 0. The second-order valence-corrected chi connectivity index (χ2v) is 5.86. The summed E-state index contributed by atoms with van der Waals surface area (Å²) < 4.78 is 5.18. The molecule has 4 heteroatoms. The highest BCUT2D eigenvalue weighted by Gasteiger charge is 2.34. The van der Waals surface area contributed by atoms with Crippen LogP contribution in [0.1, 0.15) is 38.3 Å². The van der Waals surface area contributed by atoms with Gasteiger partial charge in [0.1, 0.15) is 5.75 Å². The third-order valence-electron chi connectivity index (χ3n) is 3.77. The highest BCUT2D eigenvalue weighted by atomic mass is 16.5. The average molecular weight is 276 g/mol. The molecule has 0 bridgehead atoms. The normalized spacial score (nSPS) is 23.2. The number of carbonyl (C=O) groups is 1. The van der Waals surface area contributed by atoms with E-state index in [1.807, 2.05) is 29.2 Å². The number of hydrogen-bond donors (Lipinski definition) is 1. The number of piperidine rings is 1. The molecule has 0 aromatic heterocycles. The molecule has 1 aromatic carbocycles. The van der Waals surface area contributed by atoms with Gasteiger partial charge < -0.3 is 15.4 Å². The Bertz CT molecular complexity index is 456. The quantitative estimate of drug-likeness (QED) is 0.918. The fraction of sp³-hybridized carbons (Fsp3) is 0.562. The number of hydrogen-bond acceptors (Lipinski definition) is 3. The summed E-state index contributed by atoms with van der Waals surface area (Å²) in [6.45, 7) is 5.00. The molecule has 1 aliphatic rings. The first-order valence-electron chi connectivity index (χ1n) is 7.22. The molecule has 4 nitrogen and oxygen atoms in total. The van der Waals surface area contributed by atoms with E-state index in [1.165, 1.54) is 0 Å². The summed E-state index contributed by atoms with van der Waals surface area (Å²) in [6.07, 6.45) is 1.31. The molecule has 2 unspecified atom stereocenters. The highest BCUT2D eigenvalue weighted by molar-refractivity contribution is 5.78. The lowest BCUT2D eigenvalue weighted by Gasteiger charge is -2.41. The van der Waals surface area contributed by atoms with Gasteiger partial charge in [-0.25, -0.2) is 0 Å². The van der Waals surface area contributed by atoms with Gasteiger partial charge in [-0.05, 0) is 30.0 Å². The molecule has 20 heavy (non-hydrogen) atoms. The van der Waals surface area contributed by atoms with Crippen molar-refractivity contribution in [3.8, 4) is 5.75 Å². The van der Waals surface area contributed by atoms with Crippen molar-refractivity contribution >= 4 is 5.91 Å². The minimum Gasteiger partial charge on any atom is -0.497 e. The second kappa shape index (κ2) is 6.27. The number of likely N-dealkylation sites (tertiary alicyclic amines) is 1. The van der Waals surface area contributed by atoms with Gasteiger partial charge in [-0.15, -0.1) is 0 Å². The van der Waals surface area contributed by atoms with Crippen LogP contribution in [-0.2, 0) is 4.79 Å². The first-order chi connectivity index (χ1) is 9.52. The number of nitrogens with two attached hydrogens (primary N) is 1. The number of benzene rings is 1. The molecule has 1 amide bonds. The van der Waals surface area contributed by atoms with E-state index in [2.05, 4.69) is 13.8 Å². The van der Waals surface area contributed by atoms with Crippen LogP contribution in [0.25, 0.3) is 0 Å². The van der Waals surface area contributed by atoms with Crippen LogP contribution in [0, 0.1) is 5.92 Å². The Morgan fingerprint density at radius 2 is 2.00 bits per heavy atom. The summed E-state index contributed by atoms with van der Waals surface area (Å²) in [5.41, 5.74) is 7.37. The van der Waals surface area contributed by atoms with Crippen LogP contribution in [0.5, 0.6) is 5.75 Å². The minimum absolute atomic E-state index is 0.000144. The molecule has 0 radical (unpaired) electrons. The molecule has 2 atom stereocenters. The van der Waals surface area contributed by atoms with Crippen LogP contribution >= 0.6 is 0 Å². The van der Waals surface area contributed by atoms with E-state index < -0.39 is 0 Å². The van der Waals surface area contributed by atoms with Crippen molar-refractivity contribution in [3.05, 3.63) is 29.8 Å². The molecule has 1 fully saturated rings. The maximum atomic E-state index is 12.2. The van der Waals surface area contributed by atoms with E-state index in [0.29, 0.717) is 12.3 Å². The van der Waals surface area contributed by atoms with E-state index in [4.69, 9.17) is 10.5 Å². The molecule has 0 spiro atoms. The monoisotopic (exact) mass is 276 g/mol. The van der Waals surface area contributed by atoms with Crippen molar-refractivity contribution in [1.29, 1.82) is 0 Å². The van der Waals surface area contributed by atoms with Gasteiger partial charge in [0, 0.05) is 19.0 Å². The fourth-order valence-electron chi connectivity index (χ4n) is 2.81. The fourth-order valence-corrected chi connectivity index (χ4v) is 2.81. The molecule has 2 rings (SSSR count). The van der Waals surface area contributed by atoms with Crippen LogP contribution < -0.4 is 10.5 Å². The Morgan fingerprint density at radius 1 is 1.35 bits per heavy atom. The summed E-state index contributed by atoms with van der Waals surface area (Å²) in [6, 6.07) is 7.85. The van der Waals surface area contributed by atoms with Crippen LogP contribution in [0.3, 0.4) is 0 Å². The first kappa shape index (κ1) is 14.9. The van der Waals surface area contributed by atoms with Gasteiger partial charge in [-0.3, -0.25) is 4.79 Å². The summed E-state index contributed by atoms with van der Waals surface area (Å²) in [4.78, 5) is 14.2. The van der Waals surface area contributed by atoms with Crippen LogP contribution in [0.4, 0.5) is 0 Å². The molecule has 1 heterocycles. The van der Waals surface area contributed by atoms with E-state index in [9.17, 15) is 4.79 Å². The molecule has 110 valence electrons. The van der Waals surface area contributed by atoms with Crippen LogP contribution in [0.15, 0.2) is 24.3 Å². The first-order valence-corrected chi connectivity index (χ1v) is 7.22. The molecular formula is C16H24N2O2. The Hall–Kier alpha value is -1.55. The lowest BCUT2D eigenvalue weighted by Crippen LogP contribution is -2.49. The Morgan fingerprint density at radius 3 is 2.55 bits per heavy atom. The molecule has 2 N–H and O–H groups in total. The van der Waals surface area contributed by atoms with E-state index in [0.717, 1.165) is 24.3 Å². The van der Waals surface area contributed by atoms with Gasteiger partial charge in [0.05, 0.1) is 13.2 Å². The summed E-state index contributed by atoms with van der Waals surface area (Å²) in [7, 11) is 1.65. The van der Waals surface area contributed by atoms with Gasteiger partial charge in [0.25, 0.3) is 0 Å². The van der Waals surface area contributed by atoms with Gasteiger partial charge in [0.15, 0.2) is 0 Å². The molecule has 0 aliphatic carbocycles. The van der Waals surface area contributed by atoms with E-state index in [1.54, 1.807) is 7.11 Å². The summed E-state index contributed by atoms with van der Waals surface area (Å²) >= 11 is 0. The van der Waals surface area contributed by atoms with Crippen molar-refractivity contribution in [2.45, 2.75) is 38.8 Å². The Labute approximate surface area is 120 Å². The maximum Gasteiger partial charge on any atom is 0.223 e. The average Bonchev–Trinajstić information content (AvgIpc) is 2.43. The Kier molecular flexibility index (Phi) is 4.65. The number of ether oxygens (including phenoxy) is 1. The van der Waals surface area contributed by atoms with Crippen molar-refractivity contribution in [2.24, 2.45) is 11.7 Å².